The first kappa shape index (κ1) is 14.7. The van der Waals surface area contributed by atoms with E-state index in [1.54, 1.807) is 12.1 Å². The zero-order valence-corrected chi connectivity index (χ0v) is 13.3. The van der Waals surface area contributed by atoms with Gasteiger partial charge in [0.2, 0.25) is 0 Å². The van der Waals surface area contributed by atoms with E-state index in [1.165, 1.54) is 17.4 Å². The molecule has 1 aromatic heterocycles. The molecule has 3 rings (SSSR count). The molecule has 1 amide bonds. The topological polar surface area (TPSA) is 29.1 Å². The van der Waals surface area contributed by atoms with Gasteiger partial charge in [-0.3, -0.25) is 4.79 Å². The molecule has 2 aromatic carbocycles. The van der Waals surface area contributed by atoms with Gasteiger partial charge in [0.05, 0.1) is 4.88 Å². The Hall–Kier alpha value is -2.20. The Labute approximate surface area is 132 Å². The van der Waals surface area contributed by atoms with Crippen LogP contribution in [0.15, 0.2) is 42.5 Å². The van der Waals surface area contributed by atoms with E-state index in [-0.39, 0.29) is 11.7 Å². The highest BCUT2D eigenvalue weighted by Gasteiger charge is 2.14. The van der Waals surface area contributed by atoms with Crippen molar-refractivity contribution in [1.29, 1.82) is 0 Å². The third-order valence-electron chi connectivity index (χ3n) is 3.71. The smallest absolute Gasteiger partial charge is 0.265 e. The fourth-order valence-corrected chi connectivity index (χ4v) is 3.48. The van der Waals surface area contributed by atoms with Crippen LogP contribution in [0.5, 0.6) is 0 Å². The van der Waals surface area contributed by atoms with Gasteiger partial charge in [0, 0.05) is 15.8 Å². The highest BCUT2D eigenvalue weighted by Crippen LogP contribution is 2.29. The third-order valence-corrected chi connectivity index (χ3v) is 4.81. The van der Waals surface area contributed by atoms with E-state index in [2.05, 4.69) is 12.2 Å². The Morgan fingerprint density at radius 2 is 2.00 bits per heavy atom. The predicted molar refractivity (Wildman–Crippen MR) is 90.3 cm³/mol. The van der Waals surface area contributed by atoms with Crippen LogP contribution in [-0.2, 0) is 6.42 Å². The van der Waals surface area contributed by atoms with Gasteiger partial charge >= 0.3 is 0 Å². The zero-order chi connectivity index (χ0) is 15.7. The van der Waals surface area contributed by atoms with Crippen molar-refractivity contribution in [3.63, 3.8) is 0 Å². The summed E-state index contributed by atoms with van der Waals surface area (Å²) in [6, 6.07) is 12.5. The molecule has 2 nitrogen and oxygen atoms in total. The molecule has 3 aromatic rings. The zero-order valence-electron chi connectivity index (χ0n) is 12.4. The van der Waals surface area contributed by atoms with Crippen molar-refractivity contribution in [2.75, 3.05) is 5.32 Å². The average molecular weight is 313 g/mol. The van der Waals surface area contributed by atoms with Gasteiger partial charge in [-0.05, 0) is 42.7 Å². The Morgan fingerprint density at radius 1 is 1.23 bits per heavy atom. The molecule has 0 fully saturated rings. The van der Waals surface area contributed by atoms with E-state index in [9.17, 15) is 9.18 Å². The monoisotopic (exact) mass is 313 g/mol. The normalized spacial score (nSPS) is 10.9. The van der Waals surface area contributed by atoms with Crippen LogP contribution in [0, 0.1) is 12.7 Å². The van der Waals surface area contributed by atoms with Gasteiger partial charge in [-0.25, -0.2) is 4.39 Å². The van der Waals surface area contributed by atoms with E-state index >= 15 is 0 Å². The van der Waals surface area contributed by atoms with Gasteiger partial charge < -0.3 is 5.32 Å². The minimum absolute atomic E-state index is 0.190. The summed E-state index contributed by atoms with van der Waals surface area (Å²) in [6.45, 7) is 4.03. The number of carbonyl (C=O) groups is 1. The van der Waals surface area contributed by atoms with E-state index in [4.69, 9.17) is 0 Å². The van der Waals surface area contributed by atoms with Crippen LogP contribution in [0.1, 0.15) is 27.7 Å². The molecule has 1 N–H and O–H groups in total. The lowest BCUT2D eigenvalue weighted by atomic mass is 10.1. The minimum Gasteiger partial charge on any atom is -0.321 e. The van der Waals surface area contributed by atoms with E-state index < -0.39 is 0 Å². The van der Waals surface area contributed by atoms with Crippen LogP contribution >= 0.6 is 11.3 Å². The van der Waals surface area contributed by atoms with Crippen molar-refractivity contribution >= 4 is 33.0 Å². The summed E-state index contributed by atoms with van der Waals surface area (Å²) < 4.78 is 14.5. The molecule has 1 heterocycles. The lowest BCUT2D eigenvalue weighted by molar-refractivity contribution is 0.103. The molecule has 0 bridgehead atoms. The molecule has 0 atom stereocenters. The fourth-order valence-electron chi connectivity index (χ4n) is 2.51. The van der Waals surface area contributed by atoms with Gasteiger partial charge in [-0.2, -0.15) is 0 Å². The van der Waals surface area contributed by atoms with Gasteiger partial charge in [-0.1, -0.05) is 31.2 Å². The molecule has 0 aliphatic carbocycles. The van der Waals surface area contributed by atoms with Gasteiger partial charge in [0.25, 0.3) is 5.91 Å². The molecule has 0 aliphatic rings. The number of amides is 1. The number of para-hydroxylation sites is 1. The summed E-state index contributed by atoms with van der Waals surface area (Å²) in [5.74, 6) is -0.484. The first-order chi connectivity index (χ1) is 10.6. The van der Waals surface area contributed by atoms with Crippen LogP contribution in [0.4, 0.5) is 10.1 Å². The van der Waals surface area contributed by atoms with Crippen LogP contribution < -0.4 is 5.32 Å². The minimum atomic E-state index is -0.294. The SMILES string of the molecule is CCc1cccc(C)c1NC(=O)c1cc2c(F)cccc2s1. The van der Waals surface area contributed by atoms with Crippen LogP contribution in [-0.4, -0.2) is 5.91 Å². The summed E-state index contributed by atoms with van der Waals surface area (Å²) in [5.41, 5.74) is 2.98. The van der Waals surface area contributed by atoms with Gasteiger partial charge in [0.15, 0.2) is 0 Å². The summed E-state index contributed by atoms with van der Waals surface area (Å²) in [5, 5.41) is 3.47. The van der Waals surface area contributed by atoms with Crippen molar-refractivity contribution in [2.24, 2.45) is 0 Å². The molecule has 0 spiro atoms. The maximum Gasteiger partial charge on any atom is 0.265 e. The highest BCUT2D eigenvalue weighted by atomic mass is 32.1. The number of thiophene rings is 1. The summed E-state index contributed by atoms with van der Waals surface area (Å²) in [4.78, 5) is 13.0. The van der Waals surface area contributed by atoms with E-state index in [1.807, 2.05) is 31.2 Å². The largest absolute Gasteiger partial charge is 0.321 e. The van der Waals surface area contributed by atoms with Crippen molar-refractivity contribution in [3.8, 4) is 0 Å². The van der Waals surface area contributed by atoms with Crippen molar-refractivity contribution < 1.29 is 9.18 Å². The molecule has 0 aliphatic heterocycles. The number of nitrogens with one attached hydrogen (secondary N) is 1. The Bertz CT molecular complexity index is 853. The number of hydrogen-bond donors (Lipinski definition) is 1. The quantitative estimate of drug-likeness (QED) is 0.710. The summed E-state index contributed by atoms with van der Waals surface area (Å²) in [7, 11) is 0. The molecule has 0 saturated heterocycles. The molecule has 112 valence electrons. The maximum atomic E-state index is 13.7. The highest BCUT2D eigenvalue weighted by molar-refractivity contribution is 7.20. The fraction of sp³-hybridized carbons (Fsp3) is 0.167. The number of fused-ring (bicyclic) bond motifs is 1. The number of benzene rings is 2. The van der Waals surface area contributed by atoms with E-state index in [0.717, 1.165) is 27.9 Å². The van der Waals surface area contributed by atoms with Crippen molar-refractivity contribution in [1.82, 2.24) is 0 Å². The number of rotatable bonds is 3. The van der Waals surface area contributed by atoms with Crippen LogP contribution in [0.25, 0.3) is 10.1 Å². The molecular weight excluding hydrogens is 297 g/mol. The second-order valence-electron chi connectivity index (χ2n) is 5.18. The number of hydrogen-bond acceptors (Lipinski definition) is 2. The van der Waals surface area contributed by atoms with Crippen LogP contribution in [0.3, 0.4) is 0 Å². The summed E-state index contributed by atoms with van der Waals surface area (Å²) >= 11 is 1.31. The van der Waals surface area contributed by atoms with Crippen molar-refractivity contribution in [3.05, 3.63) is 64.3 Å². The lowest BCUT2D eigenvalue weighted by Crippen LogP contribution is -2.12. The predicted octanol–water partition coefficient (Wildman–Crippen LogP) is 5.16. The first-order valence-corrected chi connectivity index (χ1v) is 7.99. The molecule has 0 saturated carbocycles. The standard InChI is InChI=1S/C18H16FNOS/c1-3-12-7-4-6-11(2)17(12)20-18(21)16-10-13-14(19)8-5-9-15(13)22-16/h4-10H,3H2,1-2H3,(H,20,21). The Balaban J connectivity index is 1.96. The summed E-state index contributed by atoms with van der Waals surface area (Å²) in [6.07, 6.45) is 0.846. The molecule has 0 unspecified atom stereocenters. The third kappa shape index (κ3) is 2.62. The molecule has 22 heavy (non-hydrogen) atoms. The average Bonchev–Trinajstić information content (AvgIpc) is 2.95. The Morgan fingerprint density at radius 3 is 2.73 bits per heavy atom. The number of anilines is 1. The lowest BCUT2D eigenvalue weighted by Gasteiger charge is -2.12. The second-order valence-corrected chi connectivity index (χ2v) is 6.26. The van der Waals surface area contributed by atoms with Gasteiger partial charge in [0.1, 0.15) is 5.82 Å². The van der Waals surface area contributed by atoms with Crippen LogP contribution in [0.2, 0.25) is 0 Å². The number of halogens is 1. The van der Waals surface area contributed by atoms with E-state index in [0.29, 0.717) is 10.3 Å². The number of carbonyl (C=O) groups excluding carboxylic acids is 1. The molecular formula is C18H16FNOS. The van der Waals surface area contributed by atoms with Crippen molar-refractivity contribution in [2.45, 2.75) is 20.3 Å². The first-order valence-electron chi connectivity index (χ1n) is 7.18. The maximum absolute atomic E-state index is 13.7. The second kappa shape index (κ2) is 5.89. The molecule has 0 radical (unpaired) electrons. The molecule has 4 heteroatoms. The number of aryl methyl sites for hydroxylation is 2. The van der Waals surface area contributed by atoms with Gasteiger partial charge in [-0.15, -0.1) is 11.3 Å². The Kier molecular flexibility index (Phi) is 3.94.